The molecule has 2 N–H and O–H groups in total. The van der Waals surface area contributed by atoms with Crippen molar-refractivity contribution >= 4 is 39.9 Å². The fourth-order valence-corrected chi connectivity index (χ4v) is 2.38. The van der Waals surface area contributed by atoms with E-state index in [1.807, 2.05) is 0 Å². The molecule has 2 rings (SSSR count). The predicted molar refractivity (Wildman–Crippen MR) is 82.9 cm³/mol. The molecular weight excluding hydrogens is 372 g/mol. The lowest BCUT2D eigenvalue weighted by atomic mass is 10.1. The van der Waals surface area contributed by atoms with Crippen LogP contribution < -0.4 is 20.1 Å². The molecule has 0 atom stereocenters. The number of rotatable bonds is 5. The van der Waals surface area contributed by atoms with Crippen molar-refractivity contribution in [3.8, 4) is 11.5 Å². The zero-order valence-corrected chi connectivity index (χ0v) is 13.9. The number of halogens is 1. The van der Waals surface area contributed by atoms with Gasteiger partial charge in [0.25, 0.3) is 5.91 Å². The van der Waals surface area contributed by atoms with Crippen LogP contribution in [0.3, 0.4) is 0 Å². The number of carbonyl (C=O) groups is 3. The van der Waals surface area contributed by atoms with Gasteiger partial charge in [0.2, 0.25) is 0 Å². The standard InChI is InChI=1S/C14H13BrN2O6/c1-21-10-5-7(4-9-13(19)17-14(20)16-9)3-8(15)12(10)23-6-11(18)22-2/h3-5H,6H2,1-2H3,(H2,16,17,19,20)/b9-4+. The first kappa shape index (κ1) is 16.8. The Hall–Kier alpha value is -2.55. The molecule has 9 heteroatoms. The van der Waals surface area contributed by atoms with Crippen LogP contribution in [0.1, 0.15) is 5.56 Å². The molecule has 0 unspecified atom stereocenters. The van der Waals surface area contributed by atoms with Crippen molar-refractivity contribution in [1.29, 1.82) is 0 Å². The normalized spacial score (nSPS) is 15.2. The van der Waals surface area contributed by atoms with Gasteiger partial charge in [-0.05, 0) is 39.7 Å². The summed E-state index contributed by atoms with van der Waals surface area (Å²) in [5.41, 5.74) is 0.707. The van der Waals surface area contributed by atoms with Gasteiger partial charge in [-0.3, -0.25) is 10.1 Å². The quantitative estimate of drug-likeness (QED) is 0.449. The molecule has 0 aliphatic carbocycles. The summed E-state index contributed by atoms with van der Waals surface area (Å²) >= 11 is 3.31. The summed E-state index contributed by atoms with van der Waals surface area (Å²) < 4.78 is 15.6. The van der Waals surface area contributed by atoms with E-state index < -0.39 is 17.9 Å². The summed E-state index contributed by atoms with van der Waals surface area (Å²) in [6.07, 6.45) is 1.48. The molecule has 0 spiro atoms. The first-order valence-corrected chi connectivity index (χ1v) is 7.15. The smallest absolute Gasteiger partial charge is 0.343 e. The van der Waals surface area contributed by atoms with Crippen LogP contribution in [0.2, 0.25) is 0 Å². The molecule has 8 nitrogen and oxygen atoms in total. The van der Waals surface area contributed by atoms with Crippen LogP contribution >= 0.6 is 15.9 Å². The van der Waals surface area contributed by atoms with Gasteiger partial charge in [-0.2, -0.15) is 0 Å². The number of amides is 3. The van der Waals surface area contributed by atoms with Crippen molar-refractivity contribution in [1.82, 2.24) is 10.6 Å². The fraction of sp³-hybridized carbons (Fsp3) is 0.214. The zero-order valence-electron chi connectivity index (χ0n) is 12.3. The molecule has 1 aromatic rings. The number of esters is 1. The topological polar surface area (TPSA) is 103 Å². The Morgan fingerprint density at radius 2 is 2.00 bits per heavy atom. The second-order valence-electron chi connectivity index (χ2n) is 4.37. The van der Waals surface area contributed by atoms with E-state index in [1.54, 1.807) is 12.1 Å². The lowest BCUT2D eigenvalue weighted by molar-refractivity contribution is -0.142. The van der Waals surface area contributed by atoms with Crippen LogP contribution in [0.15, 0.2) is 22.3 Å². The molecule has 0 radical (unpaired) electrons. The van der Waals surface area contributed by atoms with Crippen molar-refractivity contribution < 1.29 is 28.6 Å². The lowest BCUT2D eigenvalue weighted by Gasteiger charge is -2.13. The van der Waals surface area contributed by atoms with Crippen molar-refractivity contribution in [3.63, 3.8) is 0 Å². The number of carbonyl (C=O) groups excluding carboxylic acids is 3. The summed E-state index contributed by atoms with van der Waals surface area (Å²) in [5.74, 6) is -0.383. The van der Waals surface area contributed by atoms with E-state index in [-0.39, 0.29) is 12.3 Å². The number of nitrogens with one attached hydrogen (secondary N) is 2. The van der Waals surface area contributed by atoms with Gasteiger partial charge in [-0.25, -0.2) is 9.59 Å². The Morgan fingerprint density at radius 3 is 2.57 bits per heavy atom. The van der Waals surface area contributed by atoms with Crippen molar-refractivity contribution in [2.75, 3.05) is 20.8 Å². The molecule has 0 saturated carbocycles. The fourth-order valence-electron chi connectivity index (χ4n) is 1.80. The van der Waals surface area contributed by atoms with E-state index in [4.69, 9.17) is 9.47 Å². The van der Waals surface area contributed by atoms with E-state index >= 15 is 0 Å². The van der Waals surface area contributed by atoms with Gasteiger partial charge in [0, 0.05) is 0 Å². The molecule has 1 fully saturated rings. The van der Waals surface area contributed by atoms with Crippen molar-refractivity contribution in [2.24, 2.45) is 0 Å². The molecule has 122 valence electrons. The highest BCUT2D eigenvalue weighted by Gasteiger charge is 2.23. The number of hydrogen-bond donors (Lipinski definition) is 2. The van der Waals surface area contributed by atoms with Crippen LogP contribution in [0, 0.1) is 0 Å². The maximum atomic E-state index is 11.5. The minimum atomic E-state index is -0.578. The van der Waals surface area contributed by atoms with Gasteiger partial charge in [0.1, 0.15) is 5.70 Å². The molecular formula is C14H13BrN2O6. The highest BCUT2D eigenvalue weighted by Crippen LogP contribution is 2.37. The Morgan fingerprint density at radius 1 is 1.26 bits per heavy atom. The third-order valence-electron chi connectivity index (χ3n) is 2.84. The highest BCUT2D eigenvalue weighted by atomic mass is 79.9. The van der Waals surface area contributed by atoms with Gasteiger partial charge >= 0.3 is 12.0 Å². The van der Waals surface area contributed by atoms with Crippen molar-refractivity contribution in [3.05, 3.63) is 27.9 Å². The molecule has 23 heavy (non-hydrogen) atoms. The monoisotopic (exact) mass is 384 g/mol. The first-order chi connectivity index (χ1) is 10.9. The molecule has 0 bridgehead atoms. The summed E-state index contributed by atoms with van der Waals surface area (Å²) in [5, 5.41) is 4.49. The van der Waals surface area contributed by atoms with Gasteiger partial charge in [0.05, 0.1) is 18.7 Å². The Bertz CT molecular complexity index is 701. The number of methoxy groups -OCH3 is 2. The van der Waals surface area contributed by atoms with Crippen LogP contribution in [0.4, 0.5) is 4.79 Å². The third kappa shape index (κ3) is 4.01. The van der Waals surface area contributed by atoms with E-state index in [2.05, 4.69) is 31.3 Å². The van der Waals surface area contributed by atoms with E-state index in [0.717, 1.165) is 0 Å². The summed E-state index contributed by atoms with van der Waals surface area (Å²) in [6.45, 7) is -0.273. The maximum absolute atomic E-state index is 11.5. The molecule has 1 saturated heterocycles. The number of hydrogen-bond acceptors (Lipinski definition) is 6. The summed E-state index contributed by atoms with van der Waals surface area (Å²) in [6, 6.07) is 2.67. The van der Waals surface area contributed by atoms with Gasteiger partial charge in [-0.1, -0.05) is 0 Å². The Labute approximate surface area is 139 Å². The van der Waals surface area contributed by atoms with Crippen molar-refractivity contribution in [2.45, 2.75) is 0 Å². The third-order valence-corrected chi connectivity index (χ3v) is 3.43. The maximum Gasteiger partial charge on any atom is 0.343 e. The number of ether oxygens (including phenoxy) is 3. The van der Waals surface area contributed by atoms with Gasteiger partial charge < -0.3 is 19.5 Å². The average molecular weight is 385 g/mol. The van der Waals surface area contributed by atoms with Crippen LogP contribution in [-0.2, 0) is 14.3 Å². The zero-order chi connectivity index (χ0) is 17.0. The van der Waals surface area contributed by atoms with E-state index in [9.17, 15) is 14.4 Å². The summed E-state index contributed by atoms with van der Waals surface area (Å²) in [7, 11) is 2.70. The first-order valence-electron chi connectivity index (χ1n) is 6.35. The number of benzene rings is 1. The average Bonchev–Trinajstić information content (AvgIpc) is 2.82. The van der Waals surface area contributed by atoms with Crippen LogP contribution in [-0.4, -0.2) is 38.7 Å². The minimum Gasteiger partial charge on any atom is -0.493 e. The van der Waals surface area contributed by atoms with Gasteiger partial charge in [-0.15, -0.1) is 0 Å². The number of urea groups is 1. The molecule has 1 aliphatic rings. The Balaban J connectivity index is 2.29. The SMILES string of the molecule is COC(=O)COc1c(Br)cc(/C=C2/NC(=O)NC2=O)cc1OC. The molecule has 1 aliphatic heterocycles. The summed E-state index contributed by atoms with van der Waals surface area (Å²) in [4.78, 5) is 33.8. The van der Waals surface area contributed by atoms with E-state index in [0.29, 0.717) is 21.5 Å². The minimum absolute atomic E-state index is 0.118. The molecule has 3 amide bonds. The highest BCUT2D eigenvalue weighted by molar-refractivity contribution is 9.10. The molecule has 1 aromatic carbocycles. The van der Waals surface area contributed by atoms with E-state index in [1.165, 1.54) is 20.3 Å². The van der Waals surface area contributed by atoms with Crippen LogP contribution in [0.25, 0.3) is 6.08 Å². The molecule has 0 aromatic heterocycles. The number of imide groups is 1. The lowest BCUT2D eigenvalue weighted by Crippen LogP contribution is -2.22. The Kier molecular flexibility index (Phi) is 5.22. The largest absolute Gasteiger partial charge is 0.493 e. The van der Waals surface area contributed by atoms with Crippen LogP contribution in [0.5, 0.6) is 11.5 Å². The molecule has 1 heterocycles. The van der Waals surface area contributed by atoms with Gasteiger partial charge in [0.15, 0.2) is 18.1 Å². The second-order valence-corrected chi connectivity index (χ2v) is 5.22. The predicted octanol–water partition coefficient (Wildman–Crippen LogP) is 1.19. The second kappa shape index (κ2) is 7.14.